The van der Waals surface area contributed by atoms with Crippen molar-refractivity contribution in [1.29, 1.82) is 0 Å². The van der Waals surface area contributed by atoms with E-state index in [-0.39, 0.29) is 22.5 Å². The average Bonchev–Trinajstić information content (AvgIpc) is 3.03. The van der Waals surface area contributed by atoms with E-state index < -0.39 is 17.1 Å². The molecule has 170 valence electrons. The molecule has 7 rings (SSSR count). The number of nitrogens with one attached hydrogen (secondary N) is 2. The Balaban J connectivity index is 1.28. The molecule has 8 heteroatoms. The van der Waals surface area contributed by atoms with Gasteiger partial charge in [0.15, 0.2) is 0 Å². The lowest BCUT2D eigenvalue weighted by Crippen LogP contribution is -2.48. The van der Waals surface area contributed by atoms with Gasteiger partial charge in [0.2, 0.25) is 5.88 Å². The van der Waals surface area contributed by atoms with Crippen molar-refractivity contribution in [1.82, 2.24) is 9.97 Å². The molecule has 4 fully saturated rings. The molecule has 8 nitrogen and oxygen atoms in total. The van der Waals surface area contributed by atoms with Crippen molar-refractivity contribution in [2.45, 2.75) is 50.9 Å². The first-order chi connectivity index (χ1) is 15.8. The fraction of sp³-hybridized carbons (Fsp3) is 0.440. The Kier molecular flexibility index (Phi) is 4.31. The molecule has 0 atom stereocenters. The summed E-state index contributed by atoms with van der Waals surface area (Å²) in [6, 6.07) is 8.22. The van der Waals surface area contributed by atoms with Gasteiger partial charge >= 0.3 is 5.69 Å². The van der Waals surface area contributed by atoms with Gasteiger partial charge in [-0.05, 0) is 92.4 Å². The fourth-order valence-corrected chi connectivity index (χ4v) is 7.04. The number of rotatable bonds is 3. The lowest BCUT2D eigenvalue weighted by molar-refractivity contribution is -0.114. The molecule has 33 heavy (non-hydrogen) atoms. The molecule has 1 aliphatic heterocycles. The molecule has 0 unspecified atom stereocenters. The van der Waals surface area contributed by atoms with Gasteiger partial charge in [-0.3, -0.25) is 19.6 Å². The Hall–Kier alpha value is -3.42. The molecule has 0 radical (unpaired) electrons. The summed E-state index contributed by atoms with van der Waals surface area (Å²) >= 11 is 0. The van der Waals surface area contributed by atoms with Crippen LogP contribution in [0.2, 0.25) is 0 Å². The quantitative estimate of drug-likeness (QED) is 0.628. The number of carbonyl (C=O) groups excluding carboxylic acids is 1. The predicted octanol–water partition coefficient (Wildman–Crippen LogP) is 3.04. The number of aromatic nitrogens is 2. The summed E-state index contributed by atoms with van der Waals surface area (Å²) < 4.78 is 0. The maximum Gasteiger partial charge on any atom is 0.328 e. The number of hydrogen-bond acceptors (Lipinski definition) is 5. The van der Waals surface area contributed by atoms with Gasteiger partial charge in [0, 0.05) is 0 Å². The minimum atomic E-state index is -0.816. The number of hydrogen-bond donors (Lipinski definition) is 3. The highest BCUT2D eigenvalue weighted by Gasteiger charge is 2.51. The van der Waals surface area contributed by atoms with Crippen molar-refractivity contribution in [2.24, 2.45) is 22.9 Å². The van der Waals surface area contributed by atoms with Crippen LogP contribution in [0.15, 0.2) is 44.5 Å². The molecular formula is C25H26N4O4. The highest BCUT2D eigenvalue weighted by atomic mass is 16.3. The van der Waals surface area contributed by atoms with E-state index in [1.165, 1.54) is 55.2 Å². The maximum absolute atomic E-state index is 13.1. The molecular weight excluding hydrogens is 420 g/mol. The Morgan fingerprint density at radius 2 is 1.61 bits per heavy atom. The van der Waals surface area contributed by atoms with Crippen LogP contribution in [-0.4, -0.2) is 26.7 Å². The minimum Gasteiger partial charge on any atom is -0.494 e. The smallest absolute Gasteiger partial charge is 0.328 e. The third kappa shape index (κ3) is 3.19. The third-order valence-corrected chi connectivity index (χ3v) is 8.07. The molecule has 2 aromatic rings. The lowest BCUT2D eigenvalue weighted by Gasteiger charge is -2.57. The van der Waals surface area contributed by atoms with E-state index in [0.29, 0.717) is 11.4 Å². The number of nitrogens with zero attached hydrogens (tertiary/aromatic N) is 2. The normalized spacial score (nSPS) is 31.5. The summed E-state index contributed by atoms with van der Waals surface area (Å²) in [5.74, 6) is 1.62. The van der Waals surface area contributed by atoms with E-state index in [4.69, 9.17) is 0 Å². The number of anilines is 1. The second kappa shape index (κ2) is 7.04. The molecule has 0 saturated heterocycles. The molecule has 4 bridgehead atoms. The van der Waals surface area contributed by atoms with Crippen LogP contribution in [0.5, 0.6) is 5.88 Å². The zero-order valence-corrected chi connectivity index (χ0v) is 18.4. The molecule has 1 aromatic carbocycles. The summed E-state index contributed by atoms with van der Waals surface area (Å²) in [6.07, 6.45) is 9.30. The monoisotopic (exact) mass is 446 g/mol. The van der Waals surface area contributed by atoms with Crippen LogP contribution in [0, 0.1) is 17.8 Å². The number of carbonyl (C=O) groups is 1. The SMILES string of the molecule is CC1=NN(c2ccc(C34CC5CC(CC(C5)C3)C4)cc2)C(=O)/C1=C\c1c(O)[nH]c(=O)[nH]c1=O. The zero-order valence-electron chi connectivity index (χ0n) is 18.4. The topological polar surface area (TPSA) is 119 Å². The lowest BCUT2D eigenvalue weighted by atomic mass is 9.48. The molecule has 0 spiro atoms. The van der Waals surface area contributed by atoms with Gasteiger partial charge in [-0.25, -0.2) is 4.79 Å². The predicted molar refractivity (Wildman–Crippen MR) is 124 cm³/mol. The molecule has 3 N–H and O–H groups in total. The maximum atomic E-state index is 13.1. The minimum absolute atomic E-state index is 0.188. The third-order valence-electron chi connectivity index (χ3n) is 8.07. The highest BCUT2D eigenvalue weighted by molar-refractivity contribution is 6.32. The summed E-state index contributed by atoms with van der Waals surface area (Å²) in [5, 5.41) is 15.7. The summed E-state index contributed by atoms with van der Waals surface area (Å²) in [7, 11) is 0. The zero-order chi connectivity index (χ0) is 22.9. The van der Waals surface area contributed by atoms with E-state index in [1.807, 2.05) is 12.1 Å². The van der Waals surface area contributed by atoms with E-state index in [1.54, 1.807) is 6.92 Å². The van der Waals surface area contributed by atoms with Crippen molar-refractivity contribution in [3.63, 3.8) is 0 Å². The van der Waals surface area contributed by atoms with Crippen LogP contribution in [0.3, 0.4) is 0 Å². The van der Waals surface area contributed by atoms with Crippen LogP contribution in [-0.2, 0) is 10.2 Å². The molecule has 4 aliphatic carbocycles. The van der Waals surface area contributed by atoms with Crippen LogP contribution < -0.4 is 16.3 Å². The first-order valence-electron chi connectivity index (χ1n) is 11.6. The fourth-order valence-electron chi connectivity index (χ4n) is 7.04. The summed E-state index contributed by atoms with van der Waals surface area (Å²) in [6.45, 7) is 1.67. The summed E-state index contributed by atoms with van der Waals surface area (Å²) in [4.78, 5) is 40.6. The van der Waals surface area contributed by atoms with Crippen LogP contribution in [0.25, 0.3) is 6.08 Å². The molecule has 2 heterocycles. The Morgan fingerprint density at radius 1 is 1.00 bits per heavy atom. The second-order valence-corrected chi connectivity index (χ2v) is 10.3. The number of H-pyrrole nitrogens is 2. The number of hydrazone groups is 1. The highest BCUT2D eigenvalue weighted by Crippen LogP contribution is 2.60. The van der Waals surface area contributed by atoms with Gasteiger partial charge in [0.05, 0.1) is 17.0 Å². The second-order valence-electron chi connectivity index (χ2n) is 10.3. The van der Waals surface area contributed by atoms with Crippen LogP contribution in [0.1, 0.15) is 56.6 Å². The summed E-state index contributed by atoms with van der Waals surface area (Å²) in [5.41, 5.74) is 1.16. The van der Waals surface area contributed by atoms with Crippen molar-refractivity contribution < 1.29 is 9.90 Å². The number of amides is 1. The first-order valence-corrected chi connectivity index (χ1v) is 11.6. The first kappa shape index (κ1) is 20.2. The van der Waals surface area contributed by atoms with E-state index in [2.05, 4.69) is 27.2 Å². The van der Waals surface area contributed by atoms with Gasteiger partial charge in [-0.15, -0.1) is 0 Å². The standard InChI is InChI=1S/C25H26N4O4/c1-13-19(9-20-21(30)26-24(33)27-22(20)31)23(32)29(28-13)18-4-2-17(3-5-18)25-10-14-6-15(11-25)8-16(7-14)12-25/h2-5,9,14-16H,6-8,10-12H2,1H3,(H3,26,27,30,31,33)/b19-9-. The number of benzene rings is 1. The van der Waals surface area contributed by atoms with E-state index >= 15 is 0 Å². The average molecular weight is 447 g/mol. The van der Waals surface area contributed by atoms with Crippen LogP contribution >= 0.6 is 0 Å². The van der Waals surface area contributed by atoms with Gasteiger partial charge in [-0.1, -0.05) is 12.1 Å². The van der Waals surface area contributed by atoms with Crippen molar-refractivity contribution in [3.8, 4) is 5.88 Å². The molecule has 4 saturated carbocycles. The number of aromatic hydroxyl groups is 1. The van der Waals surface area contributed by atoms with E-state index in [9.17, 15) is 19.5 Å². The Labute approximate surface area is 190 Å². The van der Waals surface area contributed by atoms with Gasteiger partial charge < -0.3 is 5.11 Å². The van der Waals surface area contributed by atoms with Crippen molar-refractivity contribution in [3.05, 3.63) is 61.8 Å². The van der Waals surface area contributed by atoms with Gasteiger partial charge in [0.1, 0.15) is 5.56 Å². The van der Waals surface area contributed by atoms with Gasteiger partial charge in [0.25, 0.3) is 11.5 Å². The van der Waals surface area contributed by atoms with Gasteiger partial charge in [-0.2, -0.15) is 10.1 Å². The van der Waals surface area contributed by atoms with Crippen molar-refractivity contribution >= 4 is 23.4 Å². The number of aromatic amines is 2. The molecule has 5 aliphatic rings. The Bertz CT molecular complexity index is 1300. The molecule has 1 aromatic heterocycles. The van der Waals surface area contributed by atoms with E-state index in [0.717, 1.165) is 17.8 Å². The molecule has 1 amide bonds. The Morgan fingerprint density at radius 3 is 2.18 bits per heavy atom. The van der Waals surface area contributed by atoms with Crippen LogP contribution in [0.4, 0.5) is 5.69 Å². The largest absolute Gasteiger partial charge is 0.494 e. The van der Waals surface area contributed by atoms with Crippen molar-refractivity contribution in [2.75, 3.05) is 5.01 Å².